The van der Waals surface area contributed by atoms with Gasteiger partial charge in [-0.3, -0.25) is 0 Å². The topological polar surface area (TPSA) is 25.2 Å². The van der Waals surface area contributed by atoms with Gasteiger partial charge in [-0.2, -0.15) is 0 Å². The number of rotatable bonds is 6. The molecule has 15 heavy (non-hydrogen) atoms. The maximum atomic E-state index is 5.34. The Labute approximate surface area is 92.4 Å². The van der Waals surface area contributed by atoms with Crippen LogP contribution in [0.15, 0.2) is 28.9 Å². The third-order valence-electron chi connectivity index (χ3n) is 2.35. The Bertz CT molecular complexity index is 314. The van der Waals surface area contributed by atoms with Gasteiger partial charge >= 0.3 is 0 Å². The molecule has 0 aromatic carbocycles. The second-order valence-corrected chi connectivity index (χ2v) is 4.16. The van der Waals surface area contributed by atoms with Crippen LogP contribution in [0.3, 0.4) is 0 Å². The summed E-state index contributed by atoms with van der Waals surface area (Å²) in [4.78, 5) is 0. The fourth-order valence-corrected chi connectivity index (χ4v) is 1.62. The molecule has 84 valence electrons. The summed E-state index contributed by atoms with van der Waals surface area (Å²) in [5, 5.41) is 3.51. The van der Waals surface area contributed by atoms with Crippen molar-refractivity contribution in [1.82, 2.24) is 5.32 Å². The molecule has 1 heterocycles. The van der Waals surface area contributed by atoms with Crippen LogP contribution in [0.5, 0.6) is 0 Å². The molecule has 0 aliphatic carbocycles. The number of aryl methyl sites for hydroxylation is 1. The van der Waals surface area contributed by atoms with E-state index in [1.165, 1.54) is 11.1 Å². The van der Waals surface area contributed by atoms with Gasteiger partial charge in [0.2, 0.25) is 0 Å². The Morgan fingerprint density at radius 1 is 1.60 bits per heavy atom. The van der Waals surface area contributed by atoms with Crippen LogP contribution in [0, 0.1) is 6.92 Å². The molecule has 1 aromatic heterocycles. The molecular formula is C13H21NO. The van der Waals surface area contributed by atoms with Crippen LogP contribution < -0.4 is 5.32 Å². The molecule has 0 spiro atoms. The lowest BCUT2D eigenvalue weighted by atomic mass is 10.0. The molecule has 0 aliphatic heterocycles. The van der Waals surface area contributed by atoms with E-state index in [0.717, 1.165) is 25.1 Å². The van der Waals surface area contributed by atoms with Crippen molar-refractivity contribution in [3.8, 4) is 0 Å². The zero-order chi connectivity index (χ0) is 11.3. The van der Waals surface area contributed by atoms with Crippen LogP contribution in [0.4, 0.5) is 0 Å². The minimum absolute atomic E-state index is 0.347. The molecule has 0 fully saturated rings. The van der Waals surface area contributed by atoms with Crippen molar-refractivity contribution in [3.63, 3.8) is 0 Å². The maximum absolute atomic E-state index is 5.34. The fraction of sp³-hybridized carbons (Fsp3) is 0.538. The maximum Gasteiger partial charge on any atom is 0.101 e. The van der Waals surface area contributed by atoms with Gasteiger partial charge in [-0.1, -0.05) is 12.5 Å². The number of furan rings is 1. The summed E-state index contributed by atoms with van der Waals surface area (Å²) in [6, 6.07) is 2.44. The summed E-state index contributed by atoms with van der Waals surface area (Å²) in [5.41, 5.74) is 2.42. The summed E-state index contributed by atoms with van der Waals surface area (Å²) >= 11 is 0. The van der Waals surface area contributed by atoms with Gasteiger partial charge < -0.3 is 9.73 Å². The lowest BCUT2D eigenvalue weighted by Crippen LogP contribution is -2.21. The first-order chi connectivity index (χ1) is 7.13. The Kier molecular flexibility index (Phi) is 4.63. The summed E-state index contributed by atoms with van der Waals surface area (Å²) in [6.07, 6.45) is 3.95. The second kappa shape index (κ2) is 5.76. The molecule has 0 aliphatic rings. The van der Waals surface area contributed by atoms with Crippen LogP contribution in [-0.4, -0.2) is 6.54 Å². The standard InChI is InChI=1S/C13H21NO/c1-5-6-14-13(7-10(2)3)12-8-11(4)15-9-12/h8-9,13-14H,2,5-7H2,1,3-4H3. The van der Waals surface area contributed by atoms with Gasteiger partial charge in [0.1, 0.15) is 5.76 Å². The lowest BCUT2D eigenvalue weighted by Gasteiger charge is -2.16. The monoisotopic (exact) mass is 207 g/mol. The van der Waals surface area contributed by atoms with E-state index in [0.29, 0.717) is 6.04 Å². The molecule has 0 amide bonds. The highest BCUT2D eigenvalue weighted by Crippen LogP contribution is 2.22. The van der Waals surface area contributed by atoms with Gasteiger partial charge in [-0.25, -0.2) is 0 Å². The first-order valence-corrected chi connectivity index (χ1v) is 5.56. The minimum Gasteiger partial charge on any atom is -0.469 e. The smallest absolute Gasteiger partial charge is 0.101 e. The lowest BCUT2D eigenvalue weighted by molar-refractivity contribution is 0.503. The molecule has 1 N–H and O–H groups in total. The van der Waals surface area contributed by atoms with E-state index in [4.69, 9.17) is 4.42 Å². The quantitative estimate of drug-likeness (QED) is 0.721. The fourth-order valence-electron chi connectivity index (χ4n) is 1.62. The first kappa shape index (κ1) is 12.1. The Hall–Kier alpha value is -1.02. The molecule has 0 bridgehead atoms. The second-order valence-electron chi connectivity index (χ2n) is 4.16. The normalized spacial score (nSPS) is 12.7. The summed E-state index contributed by atoms with van der Waals surface area (Å²) in [7, 11) is 0. The zero-order valence-corrected chi connectivity index (χ0v) is 9.97. The van der Waals surface area contributed by atoms with E-state index in [2.05, 4.69) is 31.8 Å². The summed E-state index contributed by atoms with van der Waals surface area (Å²) < 4.78 is 5.34. The summed E-state index contributed by atoms with van der Waals surface area (Å²) in [5.74, 6) is 0.968. The predicted octanol–water partition coefficient (Wildman–Crippen LogP) is 3.59. The summed E-state index contributed by atoms with van der Waals surface area (Å²) in [6.45, 7) is 11.2. The highest BCUT2D eigenvalue weighted by atomic mass is 16.3. The Morgan fingerprint density at radius 3 is 2.80 bits per heavy atom. The van der Waals surface area contributed by atoms with Gasteiger partial charge in [-0.15, -0.1) is 6.58 Å². The molecular weight excluding hydrogens is 186 g/mol. The largest absolute Gasteiger partial charge is 0.469 e. The average molecular weight is 207 g/mol. The van der Waals surface area contributed by atoms with E-state index >= 15 is 0 Å². The number of nitrogens with one attached hydrogen (secondary N) is 1. The third-order valence-corrected chi connectivity index (χ3v) is 2.35. The molecule has 0 saturated carbocycles. The SMILES string of the molecule is C=C(C)CC(NCCC)c1coc(C)c1. The van der Waals surface area contributed by atoms with Crippen molar-refractivity contribution in [2.75, 3.05) is 6.54 Å². The molecule has 2 nitrogen and oxygen atoms in total. The van der Waals surface area contributed by atoms with Crippen molar-refractivity contribution < 1.29 is 4.42 Å². The first-order valence-electron chi connectivity index (χ1n) is 5.56. The van der Waals surface area contributed by atoms with E-state index in [-0.39, 0.29) is 0 Å². The molecule has 0 saturated heterocycles. The number of hydrogen-bond donors (Lipinski definition) is 1. The van der Waals surface area contributed by atoms with Crippen molar-refractivity contribution in [2.24, 2.45) is 0 Å². The minimum atomic E-state index is 0.347. The van der Waals surface area contributed by atoms with Crippen molar-refractivity contribution in [2.45, 2.75) is 39.7 Å². The van der Waals surface area contributed by atoms with Gasteiger partial charge in [0.05, 0.1) is 6.26 Å². The van der Waals surface area contributed by atoms with Crippen LogP contribution in [0.25, 0.3) is 0 Å². The molecule has 2 heteroatoms. The van der Waals surface area contributed by atoms with Crippen molar-refractivity contribution in [1.29, 1.82) is 0 Å². The van der Waals surface area contributed by atoms with Gasteiger partial charge in [0, 0.05) is 11.6 Å². The van der Waals surface area contributed by atoms with Gasteiger partial charge in [0.25, 0.3) is 0 Å². The highest BCUT2D eigenvalue weighted by Gasteiger charge is 2.12. The van der Waals surface area contributed by atoms with E-state index in [9.17, 15) is 0 Å². The van der Waals surface area contributed by atoms with Crippen LogP contribution >= 0.6 is 0 Å². The molecule has 1 rings (SSSR count). The van der Waals surface area contributed by atoms with Crippen LogP contribution in [0.1, 0.15) is 44.1 Å². The van der Waals surface area contributed by atoms with E-state index < -0.39 is 0 Å². The van der Waals surface area contributed by atoms with Gasteiger partial charge in [-0.05, 0) is 39.3 Å². The van der Waals surface area contributed by atoms with E-state index in [1.807, 2.05) is 13.2 Å². The molecule has 1 aromatic rings. The van der Waals surface area contributed by atoms with Crippen LogP contribution in [0.2, 0.25) is 0 Å². The molecule has 1 atom stereocenters. The predicted molar refractivity (Wildman–Crippen MR) is 63.9 cm³/mol. The Balaban J connectivity index is 2.66. The van der Waals surface area contributed by atoms with Crippen LogP contribution in [-0.2, 0) is 0 Å². The van der Waals surface area contributed by atoms with Crippen molar-refractivity contribution in [3.05, 3.63) is 35.8 Å². The average Bonchev–Trinajstić information content (AvgIpc) is 2.58. The van der Waals surface area contributed by atoms with Gasteiger partial charge in [0.15, 0.2) is 0 Å². The zero-order valence-electron chi connectivity index (χ0n) is 9.97. The Morgan fingerprint density at radius 2 is 2.33 bits per heavy atom. The number of hydrogen-bond acceptors (Lipinski definition) is 2. The van der Waals surface area contributed by atoms with E-state index in [1.54, 1.807) is 0 Å². The molecule has 0 radical (unpaired) electrons. The third kappa shape index (κ3) is 3.92. The molecule has 1 unspecified atom stereocenters. The van der Waals surface area contributed by atoms with Crippen molar-refractivity contribution >= 4 is 0 Å². The highest BCUT2D eigenvalue weighted by molar-refractivity contribution is 5.18.